The van der Waals surface area contributed by atoms with Crippen LogP contribution in [-0.4, -0.2) is 47.1 Å². The first-order valence-corrected chi connectivity index (χ1v) is 8.38. The number of carbonyl (C=O) groups excluding carboxylic acids is 1. The maximum Gasteiger partial charge on any atom is 0.300 e. The van der Waals surface area contributed by atoms with Gasteiger partial charge in [0.1, 0.15) is 0 Å². The van der Waals surface area contributed by atoms with Gasteiger partial charge in [-0.15, -0.1) is 0 Å². The van der Waals surface area contributed by atoms with Crippen LogP contribution in [0, 0.1) is 20.2 Å². The second-order valence-corrected chi connectivity index (χ2v) is 6.13. The minimum absolute atomic E-state index is 0.141. The largest absolute Gasteiger partial charge is 0.368 e. The van der Waals surface area contributed by atoms with Gasteiger partial charge in [-0.25, -0.2) is 5.48 Å². The lowest BCUT2D eigenvalue weighted by Gasteiger charge is -2.36. The van der Waals surface area contributed by atoms with Crippen LogP contribution in [0.1, 0.15) is 10.4 Å². The summed E-state index contributed by atoms with van der Waals surface area (Å²) in [7, 11) is 0. The predicted molar refractivity (Wildman–Crippen MR) is 99.9 cm³/mol. The highest BCUT2D eigenvalue weighted by Crippen LogP contribution is 2.39. The van der Waals surface area contributed by atoms with E-state index < -0.39 is 27.1 Å². The zero-order chi connectivity index (χ0) is 20.3. The number of amides is 1. The monoisotopic (exact) mass is 387 g/mol. The molecule has 28 heavy (non-hydrogen) atoms. The van der Waals surface area contributed by atoms with E-state index in [0.717, 1.165) is 17.8 Å². The number of nitro groups is 2. The van der Waals surface area contributed by atoms with E-state index in [-0.39, 0.29) is 11.3 Å². The lowest BCUT2D eigenvalue weighted by atomic mass is 10.1. The summed E-state index contributed by atoms with van der Waals surface area (Å²) in [5, 5.41) is 31.8. The van der Waals surface area contributed by atoms with Crippen molar-refractivity contribution in [2.24, 2.45) is 0 Å². The summed E-state index contributed by atoms with van der Waals surface area (Å²) in [5.74, 6) is -1.06. The first-order valence-electron chi connectivity index (χ1n) is 8.38. The second-order valence-electron chi connectivity index (χ2n) is 6.13. The fraction of sp³-hybridized carbons (Fsp3) is 0.235. The van der Waals surface area contributed by atoms with Gasteiger partial charge in [0.05, 0.1) is 15.4 Å². The molecule has 1 saturated heterocycles. The Bertz CT molecular complexity index is 877. The SMILES string of the molecule is O=C(NO)c1cc([N+](=O)[O-])c(N2CCN(c3ccccc3)CC2)c([N+](=O)[O-])c1. The maximum absolute atomic E-state index is 11.6. The zero-order valence-corrected chi connectivity index (χ0v) is 14.6. The number of rotatable bonds is 5. The van der Waals surface area contributed by atoms with Gasteiger partial charge in [0.2, 0.25) is 0 Å². The Morgan fingerprint density at radius 2 is 1.43 bits per heavy atom. The summed E-state index contributed by atoms with van der Waals surface area (Å²) in [6, 6.07) is 11.5. The molecule has 1 heterocycles. The van der Waals surface area contributed by atoms with Crippen molar-refractivity contribution in [1.82, 2.24) is 5.48 Å². The number of benzene rings is 2. The molecule has 0 saturated carbocycles. The smallest absolute Gasteiger partial charge is 0.300 e. The van der Waals surface area contributed by atoms with Crippen LogP contribution >= 0.6 is 0 Å². The fourth-order valence-corrected chi connectivity index (χ4v) is 3.23. The van der Waals surface area contributed by atoms with E-state index in [1.54, 1.807) is 4.90 Å². The number of carbonyl (C=O) groups is 1. The Morgan fingerprint density at radius 3 is 1.89 bits per heavy atom. The highest BCUT2D eigenvalue weighted by Gasteiger charge is 2.34. The normalized spacial score (nSPS) is 13.9. The molecule has 0 unspecified atom stereocenters. The van der Waals surface area contributed by atoms with Crippen molar-refractivity contribution in [3.63, 3.8) is 0 Å². The molecule has 2 aromatic carbocycles. The number of hydroxylamine groups is 1. The minimum atomic E-state index is -1.06. The molecule has 146 valence electrons. The van der Waals surface area contributed by atoms with E-state index in [9.17, 15) is 25.0 Å². The molecule has 0 atom stereocenters. The quantitative estimate of drug-likeness (QED) is 0.450. The molecule has 3 rings (SSSR count). The van der Waals surface area contributed by atoms with Gasteiger partial charge in [-0.3, -0.25) is 30.2 Å². The first kappa shape index (κ1) is 19.0. The van der Waals surface area contributed by atoms with Crippen LogP contribution in [0.15, 0.2) is 42.5 Å². The van der Waals surface area contributed by atoms with Crippen molar-refractivity contribution >= 4 is 28.7 Å². The highest BCUT2D eigenvalue weighted by molar-refractivity contribution is 5.97. The Balaban J connectivity index is 1.96. The van der Waals surface area contributed by atoms with Crippen molar-refractivity contribution < 1.29 is 19.8 Å². The molecule has 0 spiro atoms. The van der Waals surface area contributed by atoms with Crippen LogP contribution in [0.2, 0.25) is 0 Å². The third kappa shape index (κ3) is 3.69. The number of piperazine rings is 1. The molecular formula is C17H17N5O6. The summed E-state index contributed by atoms with van der Waals surface area (Å²) in [5.41, 5.74) is 0.714. The fourth-order valence-electron chi connectivity index (χ4n) is 3.23. The van der Waals surface area contributed by atoms with Gasteiger partial charge in [-0.1, -0.05) is 18.2 Å². The van der Waals surface area contributed by atoms with E-state index in [4.69, 9.17) is 5.21 Å². The van der Waals surface area contributed by atoms with E-state index in [1.807, 2.05) is 30.3 Å². The molecular weight excluding hydrogens is 370 g/mol. The molecule has 2 N–H and O–H groups in total. The van der Waals surface area contributed by atoms with E-state index in [0.29, 0.717) is 26.2 Å². The lowest BCUT2D eigenvalue weighted by Crippen LogP contribution is -2.47. The third-order valence-electron chi connectivity index (χ3n) is 4.54. The van der Waals surface area contributed by atoms with Crippen LogP contribution in [0.5, 0.6) is 0 Å². The van der Waals surface area contributed by atoms with Crippen LogP contribution in [0.4, 0.5) is 22.7 Å². The van der Waals surface area contributed by atoms with Crippen molar-refractivity contribution in [1.29, 1.82) is 0 Å². The molecule has 1 fully saturated rings. The molecule has 11 nitrogen and oxygen atoms in total. The van der Waals surface area contributed by atoms with Crippen LogP contribution in [-0.2, 0) is 0 Å². The summed E-state index contributed by atoms with van der Waals surface area (Å²) < 4.78 is 0. The Hall–Kier alpha value is -3.73. The standard InChI is InChI=1S/C17H17N5O6/c23-17(18-24)12-10-14(21(25)26)16(15(11-12)22(27)28)20-8-6-19(7-9-20)13-4-2-1-3-5-13/h1-5,10-11,24H,6-9H2,(H,18,23). The van der Waals surface area contributed by atoms with Gasteiger partial charge in [-0.2, -0.15) is 0 Å². The summed E-state index contributed by atoms with van der Waals surface area (Å²) >= 11 is 0. The van der Waals surface area contributed by atoms with Crippen molar-refractivity contribution in [2.45, 2.75) is 0 Å². The summed E-state index contributed by atoms with van der Waals surface area (Å²) in [6.07, 6.45) is 0. The van der Waals surface area contributed by atoms with Crippen molar-refractivity contribution in [3.05, 3.63) is 68.3 Å². The zero-order valence-electron chi connectivity index (χ0n) is 14.6. The predicted octanol–water partition coefficient (Wildman–Crippen LogP) is 1.95. The number of hydrogen-bond donors (Lipinski definition) is 2. The maximum atomic E-state index is 11.6. The molecule has 0 radical (unpaired) electrons. The number of nitrogens with zero attached hydrogens (tertiary/aromatic N) is 4. The number of anilines is 2. The molecule has 2 aromatic rings. The van der Waals surface area contributed by atoms with Gasteiger partial charge in [0, 0.05) is 44.0 Å². The minimum Gasteiger partial charge on any atom is -0.368 e. The number of para-hydroxylation sites is 1. The average Bonchev–Trinajstić information content (AvgIpc) is 2.72. The van der Waals surface area contributed by atoms with Crippen molar-refractivity contribution in [2.75, 3.05) is 36.0 Å². The van der Waals surface area contributed by atoms with E-state index in [2.05, 4.69) is 4.90 Å². The second kappa shape index (κ2) is 7.88. The number of nitrogens with one attached hydrogen (secondary N) is 1. The Kier molecular flexibility index (Phi) is 5.36. The summed E-state index contributed by atoms with van der Waals surface area (Å²) in [4.78, 5) is 36.8. The molecule has 11 heteroatoms. The molecule has 1 aliphatic heterocycles. The number of nitro benzene ring substituents is 2. The molecule has 1 aliphatic rings. The third-order valence-corrected chi connectivity index (χ3v) is 4.54. The molecule has 1 amide bonds. The number of hydrogen-bond acceptors (Lipinski definition) is 8. The van der Waals surface area contributed by atoms with Crippen LogP contribution in [0.25, 0.3) is 0 Å². The van der Waals surface area contributed by atoms with Gasteiger partial charge >= 0.3 is 0 Å². The molecule has 0 aromatic heterocycles. The average molecular weight is 387 g/mol. The molecule has 0 bridgehead atoms. The van der Waals surface area contributed by atoms with E-state index >= 15 is 0 Å². The first-order chi connectivity index (χ1) is 13.4. The van der Waals surface area contributed by atoms with Crippen LogP contribution in [0.3, 0.4) is 0 Å². The topological polar surface area (TPSA) is 142 Å². The van der Waals surface area contributed by atoms with Crippen molar-refractivity contribution in [3.8, 4) is 0 Å². The van der Waals surface area contributed by atoms with E-state index in [1.165, 1.54) is 5.48 Å². The summed E-state index contributed by atoms with van der Waals surface area (Å²) in [6.45, 7) is 1.72. The van der Waals surface area contributed by atoms with Gasteiger partial charge in [-0.05, 0) is 12.1 Å². The van der Waals surface area contributed by atoms with Gasteiger partial charge in [0.25, 0.3) is 17.3 Å². The Morgan fingerprint density at radius 1 is 0.929 bits per heavy atom. The van der Waals surface area contributed by atoms with Crippen LogP contribution < -0.4 is 15.3 Å². The highest BCUT2D eigenvalue weighted by atomic mass is 16.6. The molecule has 0 aliphatic carbocycles. The Labute approximate surface area is 159 Å². The van der Waals surface area contributed by atoms with Gasteiger partial charge in [0.15, 0.2) is 5.69 Å². The lowest BCUT2D eigenvalue weighted by molar-refractivity contribution is -0.392. The van der Waals surface area contributed by atoms with Gasteiger partial charge < -0.3 is 9.80 Å².